The summed E-state index contributed by atoms with van der Waals surface area (Å²) in [4.78, 5) is 79.5. The fourth-order valence-electron chi connectivity index (χ4n) is 3.03. The molecule has 188 valence electrons. The van der Waals surface area contributed by atoms with Gasteiger partial charge in [0.2, 0.25) is 10.2 Å². The lowest BCUT2D eigenvalue weighted by Crippen LogP contribution is -2.45. The van der Waals surface area contributed by atoms with Gasteiger partial charge in [-0.05, 0) is 18.2 Å². The summed E-state index contributed by atoms with van der Waals surface area (Å²) in [6.45, 7) is 0. The lowest BCUT2D eigenvalue weighted by atomic mass is 10.1. The number of nitrogens with one attached hydrogen (secondary N) is 2. The van der Waals surface area contributed by atoms with Crippen molar-refractivity contribution in [1.29, 1.82) is 0 Å². The molecule has 1 aliphatic heterocycles. The van der Waals surface area contributed by atoms with E-state index in [0.717, 1.165) is 37.7 Å². The van der Waals surface area contributed by atoms with Crippen LogP contribution in [0.5, 0.6) is 0 Å². The van der Waals surface area contributed by atoms with Gasteiger partial charge in [0.1, 0.15) is 23.5 Å². The van der Waals surface area contributed by atoms with Crippen LogP contribution in [0.15, 0.2) is 42.5 Å². The Hall–Kier alpha value is -3.71. The molecule has 1 aromatic carbocycles. The van der Waals surface area contributed by atoms with Crippen molar-refractivity contribution < 1.29 is 38.2 Å². The Morgan fingerprint density at radius 3 is 1.61 bits per heavy atom. The van der Waals surface area contributed by atoms with Gasteiger partial charge in [-0.25, -0.2) is 14.6 Å². The molecule has 0 saturated heterocycles. The smallest absolute Gasteiger partial charge is 0.329 e. The minimum Gasteiger partial charge on any atom is -0.467 e. The number of amides is 2. The van der Waals surface area contributed by atoms with Crippen molar-refractivity contribution in [3.8, 4) is 0 Å². The molecule has 36 heavy (non-hydrogen) atoms. The highest BCUT2D eigenvalue weighted by molar-refractivity contribution is 8.14. The van der Waals surface area contributed by atoms with Crippen LogP contribution in [-0.2, 0) is 19.1 Å². The molecule has 0 spiro atoms. The SMILES string of the molecule is COC(=O)[C@H]1CSC(=O)c2cccc(c2)C(=O)SC[C@H](C(=O)OC)NC(=O)c2cccc(n2)C(=O)N1. The minimum atomic E-state index is -1.20. The summed E-state index contributed by atoms with van der Waals surface area (Å²) >= 11 is 1.52. The van der Waals surface area contributed by atoms with E-state index in [4.69, 9.17) is 9.47 Å². The van der Waals surface area contributed by atoms with Crippen LogP contribution in [0.3, 0.4) is 0 Å². The Balaban J connectivity index is 1.99. The highest BCUT2D eigenvalue weighted by Gasteiger charge is 2.27. The van der Waals surface area contributed by atoms with E-state index in [1.165, 1.54) is 42.5 Å². The lowest BCUT2D eigenvalue weighted by Gasteiger charge is -2.17. The fraction of sp³-hybridized carbons (Fsp3) is 0.261. The number of thioether (sulfide) groups is 2. The minimum absolute atomic E-state index is 0.148. The van der Waals surface area contributed by atoms with Crippen LogP contribution in [0, 0.1) is 0 Å². The van der Waals surface area contributed by atoms with Gasteiger partial charge in [-0.3, -0.25) is 19.2 Å². The van der Waals surface area contributed by atoms with Crippen LogP contribution < -0.4 is 10.6 Å². The number of fused-ring (bicyclic) bond motifs is 4. The molecule has 2 heterocycles. The first kappa shape index (κ1) is 26.9. The largest absolute Gasteiger partial charge is 0.467 e. The Kier molecular flexibility index (Phi) is 9.19. The molecule has 2 amide bonds. The van der Waals surface area contributed by atoms with Crippen LogP contribution in [0.2, 0.25) is 0 Å². The predicted octanol–water partition coefficient (Wildman–Crippen LogP) is 1.08. The summed E-state index contributed by atoms with van der Waals surface area (Å²) in [6.07, 6.45) is 0. The van der Waals surface area contributed by atoms with Crippen molar-refractivity contribution in [1.82, 2.24) is 15.6 Å². The van der Waals surface area contributed by atoms with Crippen molar-refractivity contribution in [2.24, 2.45) is 0 Å². The van der Waals surface area contributed by atoms with E-state index in [9.17, 15) is 28.8 Å². The van der Waals surface area contributed by atoms with Crippen LogP contribution >= 0.6 is 23.5 Å². The van der Waals surface area contributed by atoms with Crippen molar-refractivity contribution in [2.45, 2.75) is 12.1 Å². The number of pyridine rings is 1. The molecular weight excluding hydrogens is 510 g/mol. The van der Waals surface area contributed by atoms with Crippen molar-refractivity contribution >= 4 is 57.5 Å². The first-order valence-corrected chi connectivity index (χ1v) is 12.4. The number of esters is 2. The fourth-order valence-corrected chi connectivity index (χ4v) is 4.69. The molecule has 0 aliphatic carbocycles. The topological polar surface area (TPSA) is 158 Å². The van der Waals surface area contributed by atoms with E-state index in [-0.39, 0.29) is 34.0 Å². The van der Waals surface area contributed by atoms with Crippen LogP contribution in [0.1, 0.15) is 41.7 Å². The Morgan fingerprint density at radius 1 is 0.778 bits per heavy atom. The maximum Gasteiger partial charge on any atom is 0.329 e. The zero-order valence-corrected chi connectivity index (χ0v) is 20.8. The highest BCUT2D eigenvalue weighted by atomic mass is 32.2. The number of ether oxygens (including phenoxy) is 2. The summed E-state index contributed by atoms with van der Waals surface area (Å²) in [5, 5.41) is 4.04. The number of hydrogen-bond donors (Lipinski definition) is 2. The van der Waals surface area contributed by atoms with E-state index in [2.05, 4.69) is 15.6 Å². The quantitative estimate of drug-likeness (QED) is 0.534. The lowest BCUT2D eigenvalue weighted by molar-refractivity contribution is -0.143. The van der Waals surface area contributed by atoms with Gasteiger partial charge in [0.25, 0.3) is 11.8 Å². The van der Waals surface area contributed by atoms with Gasteiger partial charge in [0, 0.05) is 22.6 Å². The summed E-state index contributed by atoms with van der Waals surface area (Å²) in [5.74, 6) is -3.42. The second kappa shape index (κ2) is 12.3. The molecule has 0 radical (unpaired) electrons. The summed E-state index contributed by atoms with van der Waals surface area (Å²) in [7, 11) is 2.28. The molecule has 2 aromatic rings. The third-order valence-electron chi connectivity index (χ3n) is 4.89. The number of carbonyl (C=O) groups is 6. The van der Waals surface area contributed by atoms with Gasteiger partial charge in [0.15, 0.2) is 0 Å². The molecule has 3 rings (SSSR count). The number of methoxy groups -OCH3 is 2. The standard InChI is InChI=1S/C23H21N3O8S2/c1-33-20(29)16-10-35-22(31)12-5-3-6-13(9-12)23(32)36-11-17(21(30)34-2)26-19(28)15-8-4-7-14(24-15)18(27)25-16/h3-9,16-17H,10-11H2,1-2H3,(H,25,27)(H,26,28)/t16-,17-/m1/s1. The average molecular weight is 532 g/mol. The van der Waals surface area contributed by atoms with E-state index in [1.54, 1.807) is 0 Å². The summed E-state index contributed by atoms with van der Waals surface area (Å²) in [5.41, 5.74) is 0.0473. The van der Waals surface area contributed by atoms with E-state index < -0.39 is 46.1 Å². The molecule has 2 atom stereocenters. The maximum absolute atomic E-state index is 12.8. The average Bonchev–Trinajstić information content (AvgIpc) is 2.91. The Labute approximate surface area is 214 Å². The van der Waals surface area contributed by atoms with Gasteiger partial charge in [0.05, 0.1) is 14.2 Å². The molecule has 1 aromatic heterocycles. The first-order valence-electron chi connectivity index (χ1n) is 10.4. The molecule has 4 bridgehead atoms. The molecule has 0 unspecified atom stereocenters. The number of nitrogens with zero attached hydrogens (tertiary/aromatic N) is 1. The third-order valence-corrected chi connectivity index (χ3v) is 6.89. The number of rotatable bonds is 2. The zero-order chi connectivity index (χ0) is 26.2. The van der Waals surface area contributed by atoms with E-state index in [0.29, 0.717) is 0 Å². The number of aromatic nitrogens is 1. The molecule has 2 N–H and O–H groups in total. The van der Waals surface area contributed by atoms with Crippen molar-refractivity contribution in [3.05, 3.63) is 65.0 Å². The molecule has 1 aliphatic rings. The van der Waals surface area contributed by atoms with Crippen molar-refractivity contribution in [3.63, 3.8) is 0 Å². The number of benzene rings is 1. The second-order valence-corrected chi connectivity index (χ2v) is 9.27. The first-order chi connectivity index (χ1) is 17.2. The van der Waals surface area contributed by atoms with Gasteiger partial charge >= 0.3 is 11.9 Å². The van der Waals surface area contributed by atoms with Crippen LogP contribution in [-0.4, -0.2) is 76.8 Å². The number of carbonyl (C=O) groups excluding carboxylic acids is 6. The van der Waals surface area contributed by atoms with E-state index >= 15 is 0 Å². The van der Waals surface area contributed by atoms with Crippen LogP contribution in [0.25, 0.3) is 0 Å². The van der Waals surface area contributed by atoms with Gasteiger partial charge in [-0.15, -0.1) is 0 Å². The molecule has 0 fully saturated rings. The van der Waals surface area contributed by atoms with Gasteiger partial charge < -0.3 is 20.1 Å². The molecule has 13 heteroatoms. The van der Waals surface area contributed by atoms with Gasteiger partial charge in [-0.1, -0.05) is 47.8 Å². The maximum atomic E-state index is 12.8. The second-order valence-electron chi connectivity index (χ2n) is 7.28. The predicted molar refractivity (Wildman–Crippen MR) is 131 cm³/mol. The van der Waals surface area contributed by atoms with Gasteiger partial charge in [-0.2, -0.15) is 0 Å². The molecule has 0 saturated carbocycles. The monoisotopic (exact) mass is 531 g/mol. The molecule has 11 nitrogen and oxygen atoms in total. The zero-order valence-electron chi connectivity index (χ0n) is 19.1. The normalized spacial score (nSPS) is 19.3. The van der Waals surface area contributed by atoms with Crippen LogP contribution in [0.4, 0.5) is 0 Å². The third kappa shape index (κ3) is 6.70. The molecular formula is C23H21N3O8S2. The van der Waals surface area contributed by atoms with Crippen molar-refractivity contribution in [2.75, 3.05) is 25.7 Å². The van der Waals surface area contributed by atoms with E-state index in [1.807, 2.05) is 0 Å². The summed E-state index contributed by atoms with van der Waals surface area (Å²) in [6, 6.07) is 7.60. The Bertz CT molecular complexity index is 1130. The summed E-state index contributed by atoms with van der Waals surface area (Å²) < 4.78 is 9.46. The highest BCUT2D eigenvalue weighted by Crippen LogP contribution is 2.20. The Morgan fingerprint density at radius 2 is 1.19 bits per heavy atom. The number of hydrogen-bond acceptors (Lipinski definition) is 11.